The van der Waals surface area contributed by atoms with Crippen molar-refractivity contribution >= 4 is 0 Å². The average Bonchev–Trinajstić information content (AvgIpc) is 2.23. The Morgan fingerprint density at radius 2 is 2.31 bits per heavy atom. The second-order valence-electron chi connectivity index (χ2n) is 3.10. The van der Waals surface area contributed by atoms with Crippen molar-refractivity contribution in [3.8, 4) is 0 Å². The van der Waals surface area contributed by atoms with E-state index in [1.165, 1.54) is 6.07 Å². The summed E-state index contributed by atoms with van der Waals surface area (Å²) in [7, 11) is 0. The molecule has 0 unspecified atom stereocenters. The molecule has 5 nitrogen and oxygen atoms in total. The highest BCUT2D eigenvalue weighted by Gasteiger charge is 2.03. The van der Waals surface area contributed by atoms with Crippen LogP contribution in [0.2, 0.25) is 0 Å². The van der Waals surface area contributed by atoms with E-state index < -0.39 is 13.0 Å². The van der Waals surface area contributed by atoms with Gasteiger partial charge in [0.2, 0.25) is 0 Å². The maximum Gasteiger partial charge on any atom is 0.261 e. The molecule has 0 aromatic carbocycles. The molecule has 0 saturated heterocycles. The third kappa shape index (κ3) is 4.45. The summed E-state index contributed by atoms with van der Waals surface area (Å²) >= 11 is 0. The Morgan fingerprint density at radius 1 is 1.56 bits per heavy atom. The van der Waals surface area contributed by atoms with Crippen LogP contribution in [0.15, 0.2) is 10.9 Å². The van der Waals surface area contributed by atoms with Crippen molar-refractivity contribution in [2.24, 2.45) is 5.73 Å². The lowest BCUT2D eigenvalue weighted by molar-refractivity contribution is 0.0182. The molecular weight excluding hydrogens is 220 g/mol. The molecule has 1 rings (SSSR count). The fourth-order valence-corrected chi connectivity index (χ4v) is 1.13. The van der Waals surface area contributed by atoms with Gasteiger partial charge in [-0.25, -0.2) is 13.8 Å². The molecule has 0 atom stereocenters. The van der Waals surface area contributed by atoms with E-state index in [1.54, 1.807) is 0 Å². The lowest BCUT2D eigenvalue weighted by atomic mass is 10.3. The second kappa shape index (κ2) is 6.29. The van der Waals surface area contributed by atoms with Gasteiger partial charge in [-0.1, -0.05) is 0 Å². The molecule has 0 bridgehead atoms. The molecule has 3 N–H and O–H groups in total. The van der Waals surface area contributed by atoms with Crippen molar-refractivity contribution in [3.63, 3.8) is 0 Å². The van der Waals surface area contributed by atoms with E-state index in [0.717, 1.165) is 0 Å². The van der Waals surface area contributed by atoms with Crippen LogP contribution in [-0.4, -0.2) is 29.6 Å². The summed E-state index contributed by atoms with van der Waals surface area (Å²) in [6.45, 7) is -0.364. The van der Waals surface area contributed by atoms with Gasteiger partial charge in [0, 0.05) is 19.0 Å². The molecule has 0 amide bonds. The minimum atomic E-state index is -2.48. The van der Waals surface area contributed by atoms with Crippen molar-refractivity contribution < 1.29 is 13.5 Å². The van der Waals surface area contributed by atoms with Crippen molar-refractivity contribution in [3.05, 3.63) is 27.9 Å². The van der Waals surface area contributed by atoms with E-state index in [2.05, 4.69) is 14.7 Å². The molecule has 0 aliphatic heterocycles. The molecular formula is C9H13F2N3O2. The highest BCUT2D eigenvalue weighted by molar-refractivity contribution is 5.02. The first-order chi connectivity index (χ1) is 7.61. The van der Waals surface area contributed by atoms with Gasteiger partial charge < -0.3 is 15.5 Å². The molecule has 0 spiro atoms. The van der Waals surface area contributed by atoms with Gasteiger partial charge >= 0.3 is 0 Å². The van der Waals surface area contributed by atoms with Crippen LogP contribution >= 0.6 is 0 Å². The summed E-state index contributed by atoms with van der Waals surface area (Å²) < 4.78 is 28.1. The number of nitrogens with zero attached hydrogens (tertiary/aromatic N) is 1. The van der Waals surface area contributed by atoms with Crippen LogP contribution in [0, 0.1) is 0 Å². The fourth-order valence-electron chi connectivity index (χ4n) is 1.13. The number of hydrogen-bond acceptors (Lipinski definition) is 4. The normalized spacial score (nSPS) is 11.0. The van der Waals surface area contributed by atoms with Crippen LogP contribution in [0.4, 0.5) is 8.78 Å². The highest BCUT2D eigenvalue weighted by atomic mass is 19.3. The predicted octanol–water partition coefficient (Wildman–Crippen LogP) is 0.0528. The maximum absolute atomic E-state index is 11.7. The Hall–Kier alpha value is -1.34. The number of rotatable bonds is 6. The summed E-state index contributed by atoms with van der Waals surface area (Å²) in [5, 5.41) is 0. The first-order valence-corrected chi connectivity index (χ1v) is 4.77. The van der Waals surface area contributed by atoms with Crippen molar-refractivity contribution in [2.45, 2.75) is 19.4 Å². The van der Waals surface area contributed by atoms with Gasteiger partial charge in [0.05, 0.1) is 12.3 Å². The maximum atomic E-state index is 11.7. The number of alkyl halides is 2. The summed E-state index contributed by atoms with van der Waals surface area (Å²) in [4.78, 5) is 17.6. The molecule has 1 heterocycles. The van der Waals surface area contributed by atoms with E-state index in [1.807, 2.05) is 0 Å². The highest BCUT2D eigenvalue weighted by Crippen LogP contribution is 1.96. The van der Waals surface area contributed by atoms with Gasteiger partial charge in [-0.2, -0.15) is 0 Å². The number of hydrogen-bond donors (Lipinski definition) is 2. The van der Waals surface area contributed by atoms with Crippen LogP contribution in [0.3, 0.4) is 0 Å². The van der Waals surface area contributed by atoms with E-state index in [-0.39, 0.29) is 25.1 Å². The van der Waals surface area contributed by atoms with Gasteiger partial charge in [0.15, 0.2) is 0 Å². The first kappa shape index (κ1) is 12.7. The lowest BCUT2D eigenvalue weighted by Crippen LogP contribution is -2.16. The van der Waals surface area contributed by atoms with Gasteiger partial charge in [0.25, 0.3) is 12.0 Å². The second-order valence-corrected chi connectivity index (χ2v) is 3.10. The number of nitrogens with one attached hydrogen (secondary N) is 1. The minimum Gasteiger partial charge on any atom is -0.375 e. The summed E-state index contributed by atoms with van der Waals surface area (Å²) in [6, 6.07) is 1.30. The first-order valence-electron chi connectivity index (χ1n) is 4.77. The number of halogens is 2. The molecule has 0 saturated carbocycles. The zero-order chi connectivity index (χ0) is 12.0. The Labute approximate surface area is 90.6 Å². The summed E-state index contributed by atoms with van der Waals surface area (Å²) in [5.41, 5.74) is 5.50. The Bertz CT molecular complexity index is 381. The van der Waals surface area contributed by atoms with Crippen LogP contribution in [0.5, 0.6) is 0 Å². The predicted molar refractivity (Wildman–Crippen MR) is 53.3 cm³/mol. The number of H-pyrrole nitrogens is 1. The molecule has 1 aromatic heterocycles. The average molecular weight is 233 g/mol. The molecule has 0 radical (unpaired) electrons. The van der Waals surface area contributed by atoms with E-state index in [9.17, 15) is 13.6 Å². The van der Waals surface area contributed by atoms with Crippen LogP contribution in [-0.2, 0) is 17.7 Å². The molecule has 1 aromatic rings. The molecule has 90 valence electrons. The number of aromatic nitrogens is 2. The van der Waals surface area contributed by atoms with E-state index >= 15 is 0 Å². The quantitative estimate of drug-likeness (QED) is 0.680. The molecule has 7 heteroatoms. The molecule has 16 heavy (non-hydrogen) atoms. The molecule has 0 fully saturated rings. The monoisotopic (exact) mass is 233 g/mol. The smallest absolute Gasteiger partial charge is 0.261 e. The fraction of sp³-hybridized carbons (Fsp3) is 0.556. The van der Waals surface area contributed by atoms with E-state index in [4.69, 9.17) is 5.73 Å². The number of nitrogens with two attached hydrogens (primary N) is 1. The van der Waals surface area contributed by atoms with Crippen LogP contribution in [0.25, 0.3) is 0 Å². The van der Waals surface area contributed by atoms with Crippen molar-refractivity contribution in [1.82, 2.24) is 9.97 Å². The third-order valence-corrected chi connectivity index (χ3v) is 1.78. The lowest BCUT2D eigenvalue weighted by Gasteiger charge is -2.04. The zero-order valence-electron chi connectivity index (χ0n) is 8.58. The van der Waals surface area contributed by atoms with E-state index in [0.29, 0.717) is 11.5 Å². The SMILES string of the molecule is NCc1cc(=O)[nH]c(CCOCC(F)F)n1. The molecule has 0 aliphatic carbocycles. The number of ether oxygens (including phenoxy) is 1. The van der Waals surface area contributed by atoms with Gasteiger partial charge in [-0.05, 0) is 0 Å². The van der Waals surface area contributed by atoms with Crippen LogP contribution < -0.4 is 11.3 Å². The van der Waals surface area contributed by atoms with Crippen LogP contribution in [0.1, 0.15) is 11.5 Å². The topological polar surface area (TPSA) is 81.0 Å². The van der Waals surface area contributed by atoms with Gasteiger partial charge in [-0.15, -0.1) is 0 Å². The third-order valence-electron chi connectivity index (χ3n) is 1.78. The Balaban J connectivity index is 2.47. The van der Waals surface area contributed by atoms with Gasteiger partial charge in [0.1, 0.15) is 12.4 Å². The minimum absolute atomic E-state index is 0.0846. The van der Waals surface area contributed by atoms with Crippen molar-refractivity contribution in [1.29, 1.82) is 0 Å². The summed E-state index contributed by atoms with van der Waals surface area (Å²) in [5.74, 6) is 0.391. The number of aromatic amines is 1. The largest absolute Gasteiger partial charge is 0.375 e. The summed E-state index contributed by atoms with van der Waals surface area (Å²) in [6.07, 6.45) is -2.21. The van der Waals surface area contributed by atoms with Crippen molar-refractivity contribution in [2.75, 3.05) is 13.2 Å². The Morgan fingerprint density at radius 3 is 2.94 bits per heavy atom. The Kier molecular flexibility index (Phi) is 5.00. The standard InChI is InChI=1S/C9H13F2N3O2/c10-7(11)5-16-2-1-8-13-6(4-12)3-9(15)14-8/h3,7H,1-2,4-5,12H2,(H,13,14,15). The van der Waals surface area contributed by atoms with Gasteiger partial charge in [-0.3, -0.25) is 4.79 Å². The zero-order valence-corrected chi connectivity index (χ0v) is 8.58. The molecule has 0 aliphatic rings.